The van der Waals surface area contributed by atoms with Crippen LogP contribution in [0.3, 0.4) is 0 Å². The van der Waals surface area contributed by atoms with E-state index in [-0.39, 0.29) is 5.92 Å². The molecule has 1 heterocycles. The second-order valence-electron chi connectivity index (χ2n) is 5.99. The lowest BCUT2D eigenvalue weighted by molar-refractivity contribution is 0.105. The smallest absolute Gasteiger partial charge is 0.119 e. The van der Waals surface area contributed by atoms with Crippen LogP contribution in [0.1, 0.15) is 42.6 Å². The Kier molecular flexibility index (Phi) is 5.02. The number of aromatic hydroxyl groups is 1. The van der Waals surface area contributed by atoms with Gasteiger partial charge in [-0.3, -0.25) is 4.90 Å². The molecular weight excluding hydrogens is 252 g/mol. The molecule has 20 heavy (non-hydrogen) atoms. The predicted octanol–water partition coefficient (Wildman–Crippen LogP) is 1.76. The number of phenolic OH excluding ortho intramolecular Hbond substituents is 1. The average Bonchev–Trinajstić information content (AvgIpc) is 2.39. The third-order valence-electron chi connectivity index (χ3n) is 4.04. The minimum Gasteiger partial charge on any atom is -0.508 e. The van der Waals surface area contributed by atoms with Crippen molar-refractivity contribution in [2.24, 2.45) is 0 Å². The van der Waals surface area contributed by atoms with Crippen LogP contribution in [0.4, 0.5) is 0 Å². The zero-order chi connectivity index (χ0) is 14.7. The van der Waals surface area contributed by atoms with Crippen molar-refractivity contribution in [1.29, 1.82) is 0 Å². The van der Waals surface area contributed by atoms with Crippen LogP contribution in [0.15, 0.2) is 12.1 Å². The topological polar surface area (TPSA) is 55.7 Å². The van der Waals surface area contributed by atoms with Crippen molar-refractivity contribution in [2.75, 3.05) is 32.7 Å². The van der Waals surface area contributed by atoms with Crippen LogP contribution in [-0.4, -0.2) is 47.8 Å². The van der Waals surface area contributed by atoms with Gasteiger partial charge in [0, 0.05) is 32.7 Å². The van der Waals surface area contributed by atoms with Gasteiger partial charge in [-0.1, -0.05) is 13.8 Å². The number of hydrogen-bond acceptors (Lipinski definition) is 4. The van der Waals surface area contributed by atoms with E-state index in [1.807, 2.05) is 13.0 Å². The minimum absolute atomic E-state index is 0.251. The first-order valence-corrected chi connectivity index (χ1v) is 7.43. The highest BCUT2D eigenvalue weighted by Gasteiger charge is 2.19. The van der Waals surface area contributed by atoms with Crippen molar-refractivity contribution in [3.05, 3.63) is 28.8 Å². The molecule has 0 aromatic heterocycles. The summed E-state index contributed by atoms with van der Waals surface area (Å²) in [4.78, 5) is 2.28. The summed E-state index contributed by atoms with van der Waals surface area (Å²) in [5.74, 6) is 0.580. The average molecular weight is 278 g/mol. The summed E-state index contributed by atoms with van der Waals surface area (Å²) in [7, 11) is 0. The van der Waals surface area contributed by atoms with E-state index < -0.39 is 6.10 Å². The molecule has 4 heteroatoms. The van der Waals surface area contributed by atoms with Gasteiger partial charge in [-0.25, -0.2) is 0 Å². The summed E-state index contributed by atoms with van der Waals surface area (Å²) in [6, 6.07) is 3.73. The van der Waals surface area contributed by atoms with Crippen molar-refractivity contribution < 1.29 is 10.2 Å². The maximum atomic E-state index is 10.5. The third-order valence-corrected chi connectivity index (χ3v) is 4.04. The van der Waals surface area contributed by atoms with Crippen LogP contribution >= 0.6 is 0 Å². The number of β-amino-alcohol motifs (C(OH)–C–C–N with tert-alkyl or cyclic N) is 1. The molecule has 0 bridgehead atoms. The van der Waals surface area contributed by atoms with E-state index in [9.17, 15) is 10.2 Å². The molecule has 1 aromatic carbocycles. The molecule has 1 fully saturated rings. The molecule has 0 saturated carbocycles. The molecular formula is C16H26N2O2. The molecule has 3 N–H and O–H groups in total. The van der Waals surface area contributed by atoms with Crippen LogP contribution < -0.4 is 5.32 Å². The molecule has 112 valence electrons. The first kappa shape index (κ1) is 15.3. The van der Waals surface area contributed by atoms with Gasteiger partial charge in [-0.15, -0.1) is 0 Å². The molecule has 1 aliphatic heterocycles. The fraction of sp³-hybridized carbons (Fsp3) is 0.625. The molecule has 0 radical (unpaired) electrons. The van der Waals surface area contributed by atoms with E-state index in [2.05, 4.69) is 24.1 Å². The van der Waals surface area contributed by atoms with E-state index in [4.69, 9.17) is 0 Å². The van der Waals surface area contributed by atoms with E-state index in [1.54, 1.807) is 6.07 Å². The molecule has 1 aliphatic rings. The summed E-state index contributed by atoms with van der Waals surface area (Å²) < 4.78 is 0. The SMILES string of the molecule is Cc1cc(O)c(C(C)C)cc1C(O)CN1CCNCC1. The largest absolute Gasteiger partial charge is 0.508 e. The number of aryl methyl sites for hydroxylation is 1. The maximum Gasteiger partial charge on any atom is 0.119 e. The highest BCUT2D eigenvalue weighted by Crippen LogP contribution is 2.31. The number of piperazine rings is 1. The molecule has 2 rings (SSSR count). The maximum absolute atomic E-state index is 10.5. The zero-order valence-electron chi connectivity index (χ0n) is 12.7. The second kappa shape index (κ2) is 6.57. The number of nitrogens with zero attached hydrogens (tertiary/aromatic N) is 1. The van der Waals surface area contributed by atoms with Crippen LogP contribution in [0, 0.1) is 6.92 Å². The molecule has 1 atom stereocenters. The van der Waals surface area contributed by atoms with E-state index in [0.717, 1.165) is 42.9 Å². The van der Waals surface area contributed by atoms with Crippen LogP contribution in [0.5, 0.6) is 5.75 Å². The Morgan fingerprint density at radius 3 is 2.45 bits per heavy atom. The summed E-state index contributed by atoms with van der Waals surface area (Å²) in [5.41, 5.74) is 2.80. The van der Waals surface area contributed by atoms with Gasteiger partial charge in [-0.05, 0) is 41.7 Å². The normalized spacial score (nSPS) is 18.4. The highest BCUT2D eigenvalue weighted by atomic mass is 16.3. The molecule has 1 unspecified atom stereocenters. The molecule has 1 saturated heterocycles. The van der Waals surface area contributed by atoms with Gasteiger partial charge in [0.1, 0.15) is 5.75 Å². The Bertz CT molecular complexity index is 454. The number of hydrogen-bond donors (Lipinski definition) is 3. The van der Waals surface area contributed by atoms with Crippen molar-refractivity contribution in [3.63, 3.8) is 0 Å². The third kappa shape index (κ3) is 3.51. The predicted molar refractivity (Wildman–Crippen MR) is 81.2 cm³/mol. The number of aliphatic hydroxyl groups is 1. The fourth-order valence-electron chi connectivity index (χ4n) is 2.79. The first-order chi connectivity index (χ1) is 9.49. The minimum atomic E-state index is -0.494. The van der Waals surface area contributed by atoms with Crippen molar-refractivity contribution in [3.8, 4) is 5.75 Å². The Hall–Kier alpha value is -1.10. The standard InChI is InChI=1S/C16H26N2O2/c1-11(2)13-9-14(12(3)8-15(13)19)16(20)10-18-6-4-17-5-7-18/h8-9,11,16-17,19-20H,4-7,10H2,1-3H3. The number of phenols is 1. The molecule has 0 aliphatic carbocycles. The molecule has 0 amide bonds. The van der Waals surface area contributed by atoms with Gasteiger partial charge < -0.3 is 15.5 Å². The Morgan fingerprint density at radius 1 is 1.20 bits per heavy atom. The summed E-state index contributed by atoms with van der Waals surface area (Å²) >= 11 is 0. The Labute approximate surface area is 121 Å². The van der Waals surface area contributed by atoms with E-state index >= 15 is 0 Å². The Balaban J connectivity index is 2.15. The van der Waals surface area contributed by atoms with E-state index in [0.29, 0.717) is 12.3 Å². The van der Waals surface area contributed by atoms with Gasteiger partial charge in [0.05, 0.1) is 6.10 Å². The number of nitrogens with one attached hydrogen (secondary N) is 1. The van der Waals surface area contributed by atoms with Crippen LogP contribution in [-0.2, 0) is 0 Å². The lowest BCUT2D eigenvalue weighted by Crippen LogP contribution is -2.45. The van der Waals surface area contributed by atoms with Crippen molar-refractivity contribution in [1.82, 2.24) is 10.2 Å². The highest BCUT2D eigenvalue weighted by molar-refractivity contribution is 5.43. The van der Waals surface area contributed by atoms with Gasteiger partial charge in [0.25, 0.3) is 0 Å². The Morgan fingerprint density at radius 2 is 1.85 bits per heavy atom. The summed E-state index contributed by atoms with van der Waals surface area (Å²) in [6.45, 7) is 10.6. The van der Waals surface area contributed by atoms with Crippen LogP contribution in [0.25, 0.3) is 0 Å². The summed E-state index contributed by atoms with van der Waals surface area (Å²) in [5, 5.41) is 23.8. The quantitative estimate of drug-likeness (QED) is 0.785. The van der Waals surface area contributed by atoms with Crippen molar-refractivity contribution in [2.45, 2.75) is 32.8 Å². The lowest BCUT2D eigenvalue weighted by Gasteiger charge is -2.30. The van der Waals surface area contributed by atoms with Gasteiger partial charge in [-0.2, -0.15) is 0 Å². The van der Waals surface area contributed by atoms with E-state index in [1.165, 1.54) is 0 Å². The second-order valence-corrected chi connectivity index (χ2v) is 5.99. The van der Waals surface area contributed by atoms with Crippen LogP contribution in [0.2, 0.25) is 0 Å². The molecule has 0 spiro atoms. The monoisotopic (exact) mass is 278 g/mol. The van der Waals surface area contributed by atoms with Gasteiger partial charge in [0.2, 0.25) is 0 Å². The molecule has 4 nitrogen and oxygen atoms in total. The molecule has 1 aromatic rings. The fourth-order valence-corrected chi connectivity index (χ4v) is 2.79. The summed E-state index contributed by atoms with van der Waals surface area (Å²) in [6.07, 6.45) is -0.494. The number of benzene rings is 1. The number of aliphatic hydroxyl groups excluding tert-OH is 1. The van der Waals surface area contributed by atoms with Gasteiger partial charge in [0.15, 0.2) is 0 Å². The van der Waals surface area contributed by atoms with Gasteiger partial charge >= 0.3 is 0 Å². The zero-order valence-corrected chi connectivity index (χ0v) is 12.7. The number of rotatable bonds is 4. The lowest BCUT2D eigenvalue weighted by atomic mass is 9.94. The van der Waals surface area contributed by atoms with Crippen molar-refractivity contribution >= 4 is 0 Å². The first-order valence-electron chi connectivity index (χ1n) is 7.43.